The molecule has 1 amide bonds. The molecule has 2 fully saturated rings. The zero-order valence-corrected chi connectivity index (χ0v) is 14.5. The van der Waals surface area contributed by atoms with Gasteiger partial charge in [-0.1, -0.05) is 32.9 Å². The second kappa shape index (κ2) is 6.24. The summed E-state index contributed by atoms with van der Waals surface area (Å²) in [5.74, 6) is 1.19. The summed E-state index contributed by atoms with van der Waals surface area (Å²) in [6.45, 7) is 13.4. The van der Waals surface area contributed by atoms with E-state index in [0.717, 1.165) is 45.2 Å². The molecule has 2 aliphatic heterocycles. The van der Waals surface area contributed by atoms with Gasteiger partial charge in [-0.05, 0) is 5.92 Å². The highest BCUT2D eigenvalue weighted by Gasteiger charge is 2.37. The summed E-state index contributed by atoms with van der Waals surface area (Å²) in [5, 5.41) is 3.99. The molecule has 23 heavy (non-hydrogen) atoms. The minimum atomic E-state index is -0.139. The molecule has 0 N–H and O–H groups in total. The Kier molecular flexibility index (Phi) is 4.47. The molecular formula is C17H27N3O3. The zero-order chi connectivity index (χ0) is 16.6. The second-order valence-electron chi connectivity index (χ2n) is 7.73. The molecule has 1 aromatic heterocycles. The Balaban J connectivity index is 1.67. The summed E-state index contributed by atoms with van der Waals surface area (Å²) in [4.78, 5) is 17.1. The van der Waals surface area contributed by atoms with Crippen LogP contribution >= 0.6 is 0 Å². The maximum Gasteiger partial charge on any atom is 0.276 e. The number of rotatable bonds is 2. The standard InChI is InChI=1S/C17H27N3O3/c1-12-10-20(11-14(12)19-5-7-22-8-6-19)16(21)13-9-15(23-18-13)17(2,3)4/h9,12,14H,5-8,10-11H2,1-4H3/t12-,14-/m1/s1. The molecule has 0 spiro atoms. The van der Waals surface area contributed by atoms with E-state index >= 15 is 0 Å². The van der Waals surface area contributed by atoms with Gasteiger partial charge in [-0.25, -0.2) is 0 Å². The smallest absolute Gasteiger partial charge is 0.276 e. The third kappa shape index (κ3) is 3.43. The summed E-state index contributed by atoms with van der Waals surface area (Å²) in [5.41, 5.74) is 0.282. The topological polar surface area (TPSA) is 58.8 Å². The largest absolute Gasteiger partial charge is 0.379 e. The van der Waals surface area contributed by atoms with Crippen molar-refractivity contribution in [1.29, 1.82) is 0 Å². The highest BCUT2D eigenvalue weighted by molar-refractivity contribution is 5.92. The first-order valence-corrected chi connectivity index (χ1v) is 8.44. The van der Waals surface area contributed by atoms with Crippen molar-refractivity contribution in [3.63, 3.8) is 0 Å². The number of ether oxygens (including phenoxy) is 1. The van der Waals surface area contributed by atoms with Gasteiger partial charge in [0.15, 0.2) is 5.69 Å². The van der Waals surface area contributed by atoms with Gasteiger partial charge in [0.1, 0.15) is 5.76 Å². The Morgan fingerprint density at radius 1 is 1.26 bits per heavy atom. The molecule has 3 heterocycles. The molecule has 0 aromatic carbocycles. The van der Waals surface area contributed by atoms with E-state index in [9.17, 15) is 4.79 Å². The molecule has 1 aromatic rings. The molecule has 0 unspecified atom stereocenters. The van der Waals surface area contributed by atoms with Gasteiger partial charge in [-0.15, -0.1) is 0 Å². The van der Waals surface area contributed by atoms with Gasteiger partial charge >= 0.3 is 0 Å². The summed E-state index contributed by atoms with van der Waals surface area (Å²) < 4.78 is 10.8. The molecule has 128 valence electrons. The van der Waals surface area contributed by atoms with Crippen LogP contribution in [0.5, 0.6) is 0 Å². The van der Waals surface area contributed by atoms with Crippen LogP contribution in [0.3, 0.4) is 0 Å². The quantitative estimate of drug-likeness (QED) is 0.831. The molecular weight excluding hydrogens is 294 g/mol. The van der Waals surface area contributed by atoms with Crippen LogP contribution in [-0.4, -0.2) is 66.3 Å². The Labute approximate surface area is 137 Å². The molecule has 0 bridgehead atoms. The molecule has 3 rings (SSSR count). The first-order chi connectivity index (χ1) is 10.9. The van der Waals surface area contributed by atoms with Crippen LogP contribution in [0.1, 0.15) is 43.9 Å². The molecule has 6 heteroatoms. The first-order valence-electron chi connectivity index (χ1n) is 8.44. The van der Waals surface area contributed by atoms with Gasteiger partial charge in [-0.3, -0.25) is 9.69 Å². The Morgan fingerprint density at radius 3 is 2.57 bits per heavy atom. The normalized spacial score (nSPS) is 26.7. The lowest BCUT2D eigenvalue weighted by molar-refractivity contribution is 0.0119. The van der Waals surface area contributed by atoms with Crippen molar-refractivity contribution in [2.45, 2.75) is 39.2 Å². The van der Waals surface area contributed by atoms with Crippen LogP contribution in [0.25, 0.3) is 0 Å². The average molecular weight is 321 g/mol. The maximum absolute atomic E-state index is 12.7. The molecule has 0 radical (unpaired) electrons. The predicted molar refractivity (Wildman–Crippen MR) is 86.5 cm³/mol. The second-order valence-corrected chi connectivity index (χ2v) is 7.73. The lowest BCUT2D eigenvalue weighted by Crippen LogP contribution is -2.47. The number of aromatic nitrogens is 1. The highest BCUT2D eigenvalue weighted by Crippen LogP contribution is 2.26. The van der Waals surface area contributed by atoms with E-state index in [4.69, 9.17) is 9.26 Å². The van der Waals surface area contributed by atoms with E-state index in [-0.39, 0.29) is 11.3 Å². The van der Waals surface area contributed by atoms with Gasteiger partial charge in [0.05, 0.1) is 13.2 Å². The molecule has 2 aliphatic rings. The number of carbonyl (C=O) groups excluding carboxylic acids is 1. The summed E-state index contributed by atoms with van der Waals surface area (Å²) in [6.07, 6.45) is 0. The molecule has 0 aliphatic carbocycles. The number of likely N-dealkylation sites (tertiary alicyclic amines) is 1. The van der Waals surface area contributed by atoms with Crippen molar-refractivity contribution >= 4 is 5.91 Å². The van der Waals surface area contributed by atoms with Crippen molar-refractivity contribution in [3.05, 3.63) is 17.5 Å². The molecule has 0 saturated carbocycles. The highest BCUT2D eigenvalue weighted by atomic mass is 16.5. The van der Waals surface area contributed by atoms with Crippen LogP contribution in [0.15, 0.2) is 10.6 Å². The lowest BCUT2D eigenvalue weighted by atomic mass is 9.93. The predicted octanol–water partition coefficient (Wildman–Crippen LogP) is 1.76. The number of morpholine rings is 1. The zero-order valence-electron chi connectivity index (χ0n) is 14.5. The van der Waals surface area contributed by atoms with Crippen LogP contribution < -0.4 is 0 Å². The van der Waals surface area contributed by atoms with Crippen LogP contribution in [-0.2, 0) is 10.2 Å². The fraction of sp³-hybridized carbons (Fsp3) is 0.765. The summed E-state index contributed by atoms with van der Waals surface area (Å²) in [6, 6.07) is 2.20. The Morgan fingerprint density at radius 2 is 1.96 bits per heavy atom. The first kappa shape index (κ1) is 16.5. The van der Waals surface area contributed by atoms with Crippen LogP contribution in [0.2, 0.25) is 0 Å². The van der Waals surface area contributed by atoms with E-state index in [1.54, 1.807) is 6.07 Å². The van der Waals surface area contributed by atoms with E-state index in [1.807, 2.05) is 25.7 Å². The fourth-order valence-corrected chi connectivity index (χ4v) is 3.39. The fourth-order valence-electron chi connectivity index (χ4n) is 3.39. The SMILES string of the molecule is C[C@@H]1CN(C(=O)c2cc(C(C)(C)C)on2)C[C@H]1N1CCOCC1. The van der Waals surface area contributed by atoms with Gasteiger partial charge < -0.3 is 14.2 Å². The summed E-state index contributed by atoms with van der Waals surface area (Å²) >= 11 is 0. The molecule has 2 atom stereocenters. The van der Waals surface area contributed by atoms with E-state index in [2.05, 4.69) is 17.0 Å². The van der Waals surface area contributed by atoms with Crippen molar-refractivity contribution < 1.29 is 14.1 Å². The Hall–Kier alpha value is -1.40. The van der Waals surface area contributed by atoms with E-state index < -0.39 is 0 Å². The van der Waals surface area contributed by atoms with Crippen LogP contribution in [0.4, 0.5) is 0 Å². The van der Waals surface area contributed by atoms with Crippen molar-refractivity contribution in [2.24, 2.45) is 5.92 Å². The monoisotopic (exact) mass is 321 g/mol. The third-order valence-corrected chi connectivity index (χ3v) is 4.84. The minimum Gasteiger partial charge on any atom is -0.379 e. The molecule has 2 saturated heterocycles. The van der Waals surface area contributed by atoms with Crippen molar-refractivity contribution in [3.8, 4) is 0 Å². The van der Waals surface area contributed by atoms with Gasteiger partial charge in [0.2, 0.25) is 0 Å². The maximum atomic E-state index is 12.7. The molecule has 6 nitrogen and oxygen atoms in total. The number of hydrogen-bond donors (Lipinski definition) is 0. The van der Waals surface area contributed by atoms with E-state index in [1.165, 1.54) is 0 Å². The minimum absolute atomic E-state index is 0.0214. The Bertz CT molecular complexity index is 558. The number of carbonyl (C=O) groups is 1. The van der Waals surface area contributed by atoms with Gasteiger partial charge in [0, 0.05) is 43.7 Å². The number of amides is 1. The summed E-state index contributed by atoms with van der Waals surface area (Å²) in [7, 11) is 0. The third-order valence-electron chi connectivity index (χ3n) is 4.84. The van der Waals surface area contributed by atoms with Crippen molar-refractivity contribution in [2.75, 3.05) is 39.4 Å². The average Bonchev–Trinajstić information content (AvgIpc) is 3.14. The van der Waals surface area contributed by atoms with Crippen molar-refractivity contribution in [1.82, 2.24) is 15.0 Å². The van der Waals surface area contributed by atoms with Crippen LogP contribution in [0, 0.1) is 5.92 Å². The van der Waals surface area contributed by atoms with Gasteiger partial charge in [-0.2, -0.15) is 0 Å². The number of hydrogen-bond acceptors (Lipinski definition) is 5. The number of nitrogens with zero attached hydrogens (tertiary/aromatic N) is 3. The lowest BCUT2D eigenvalue weighted by Gasteiger charge is -2.33. The van der Waals surface area contributed by atoms with Gasteiger partial charge in [0.25, 0.3) is 5.91 Å². The van der Waals surface area contributed by atoms with E-state index in [0.29, 0.717) is 17.7 Å².